The number of aromatic nitrogens is 2. The van der Waals surface area contributed by atoms with E-state index in [-0.39, 0.29) is 30.7 Å². The second-order valence-electron chi connectivity index (χ2n) is 19.1. The van der Waals surface area contributed by atoms with E-state index < -0.39 is 19.4 Å². The number of carbonyl (C=O) groups is 1. The van der Waals surface area contributed by atoms with Gasteiger partial charge in [-0.3, -0.25) is 18.6 Å². The van der Waals surface area contributed by atoms with E-state index >= 15 is 0 Å². The number of phosphoric ester groups is 1. The molecule has 0 radical (unpaired) electrons. The van der Waals surface area contributed by atoms with Gasteiger partial charge in [0.2, 0.25) is 0 Å². The van der Waals surface area contributed by atoms with Crippen LogP contribution in [-0.2, 0) is 41.9 Å². The Morgan fingerprint density at radius 2 is 1.16 bits per heavy atom. The summed E-state index contributed by atoms with van der Waals surface area (Å²) in [5.41, 5.74) is 2.56. The van der Waals surface area contributed by atoms with Crippen molar-refractivity contribution >= 4 is 24.7 Å². The van der Waals surface area contributed by atoms with Gasteiger partial charge in [0.15, 0.2) is 0 Å². The van der Waals surface area contributed by atoms with E-state index in [0.717, 1.165) is 55.0 Å². The maximum absolute atomic E-state index is 14.3. The second kappa shape index (κ2) is 27.6. The minimum atomic E-state index is -3.94. The molecule has 10 nitrogen and oxygen atoms in total. The smallest absolute Gasteiger partial charge is 0.460 e. The summed E-state index contributed by atoms with van der Waals surface area (Å²) in [5.74, 6) is -0.172. The lowest BCUT2D eigenvalue weighted by atomic mass is 9.89. The molecule has 64 heavy (non-hydrogen) atoms. The van der Waals surface area contributed by atoms with Gasteiger partial charge < -0.3 is 18.9 Å². The van der Waals surface area contributed by atoms with Crippen molar-refractivity contribution in [3.8, 4) is 17.1 Å². The van der Waals surface area contributed by atoms with E-state index in [1.54, 1.807) is 16.7 Å². The summed E-state index contributed by atoms with van der Waals surface area (Å²) in [6.07, 6.45) is 35.0. The predicted molar refractivity (Wildman–Crippen MR) is 260 cm³/mol. The van der Waals surface area contributed by atoms with Crippen LogP contribution < -0.4 is 10.1 Å². The molecule has 0 bridgehead atoms. The van der Waals surface area contributed by atoms with Crippen molar-refractivity contribution in [3.63, 3.8) is 0 Å². The largest absolute Gasteiger partial charge is 0.530 e. The lowest BCUT2D eigenvalue weighted by Gasteiger charge is -2.22. The zero-order valence-corrected chi connectivity index (χ0v) is 41.2. The summed E-state index contributed by atoms with van der Waals surface area (Å²) < 4.78 is 39.4. The average Bonchev–Trinajstić information content (AvgIpc) is 3.59. The van der Waals surface area contributed by atoms with E-state index in [1.807, 2.05) is 19.1 Å². The lowest BCUT2D eigenvalue weighted by Crippen LogP contribution is -2.30. The molecule has 0 amide bonds. The van der Waals surface area contributed by atoms with Crippen LogP contribution in [0.25, 0.3) is 22.3 Å². The van der Waals surface area contributed by atoms with Crippen LogP contribution in [0.3, 0.4) is 0 Å². The van der Waals surface area contributed by atoms with Crippen molar-refractivity contribution in [2.24, 2.45) is 0 Å². The van der Waals surface area contributed by atoms with Crippen molar-refractivity contribution in [1.82, 2.24) is 9.55 Å². The molecular formula is C53H83N2O8P. The third-order valence-electron chi connectivity index (χ3n) is 13.5. The number of aryl methyl sites for hydroxylation is 1. The Kier molecular flexibility index (Phi) is 22.4. The molecule has 2 aliphatic rings. The molecule has 1 N–H and O–H groups in total. The number of hydrogen-bond donors (Lipinski definition) is 1. The highest BCUT2D eigenvalue weighted by Crippen LogP contribution is 2.50. The van der Waals surface area contributed by atoms with Gasteiger partial charge in [-0.1, -0.05) is 181 Å². The Bertz CT molecular complexity index is 1960. The van der Waals surface area contributed by atoms with Gasteiger partial charge in [0.05, 0.1) is 54.2 Å². The number of aliphatic hydroxyl groups is 1. The molecule has 0 fully saturated rings. The third kappa shape index (κ3) is 16.1. The number of rotatable bonds is 34. The summed E-state index contributed by atoms with van der Waals surface area (Å²) in [7, 11) is -3.94. The standard InChI is InChI=1S/C53H83N2O8P/c1-5-7-9-11-13-15-17-19-21-23-25-27-29-31-35-61-64(59,62-36-32-30-28-26-24-22-20-18-16-14-12-10-8-6-2)63-43-33-34-48-44(37-43)42(3)45-40-55-49(51(45)54-48)38-47-46(52(55)57)41-60-50(56)39-53(47,4)58/h33-34,37-38,58H,5-32,35-36,39-41H2,1-4H3. The van der Waals surface area contributed by atoms with Crippen molar-refractivity contribution in [2.45, 2.75) is 233 Å². The number of cyclic esters (lactones) is 1. The van der Waals surface area contributed by atoms with Gasteiger partial charge in [0, 0.05) is 10.9 Å². The molecule has 358 valence electrons. The Morgan fingerprint density at radius 1 is 0.688 bits per heavy atom. The van der Waals surface area contributed by atoms with Crippen LogP contribution in [0.5, 0.6) is 5.75 Å². The number of fused-ring (bicyclic) bond motifs is 5. The van der Waals surface area contributed by atoms with E-state index in [9.17, 15) is 19.3 Å². The predicted octanol–water partition coefficient (Wildman–Crippen LogP) is 14.9. The van der Waals surface area contributed by atoms with Gasteiger partial charge in [-0.2, -0.15) is 0 Å². The van der Waals surface area contributed by atoms with Crippen LogP contribution in [0.4, 0.5) is 0 Å². The SMILES string of the molecule is CCCCCCCCCCCCCCCCOP(=O)(OCCCCCCCCCCCCCCCC)Oc1ccc2nc3c(c(C)c2c1)Cn1c-3cc2c(c1=O)COC(=O)CC2(C)O. The first-order chi connectivity index (χ1) is 31.1. The number of hydrogen-bond acceptors (Lipinski definition) is 9. The molecule has 1 unspecified atom stereocenters. The van der Waals surface area contributed by atoms with Crippen LogP contribution in [-0.4, -0.2) is 33.8 Å². The average molecular weight is 907 g/mol. The monoisotopic (exact) mass is 907 g/mol. The fourth-order valence-electron chi connectivity index (χ4n) is 9.47. The molecule has 3 aromatic rings. The fourth-order valence-corrected chi connectivity index (χ4v) is 10.7. The molecule has 1 aromatic carbocycles. The summed E-state index contributed by atoms with van der Waals surface area (Å²) in [6.45, 7) is 8.78. The molecule has 0 spiro atoms. The highest BCUT2D eigenvalue weighted by Gasteiger charge is 2.38. The van der Waals surface area contributed by atoms with E-state index in [1.165, 1.54) is 148 Å². The molecule has 0 saturated heterocycles. The number of unbranched alkanes of at least 4 members (excludes halogenated alkanes) is 26. The first kappa shape index (κ1) is 51.9. The van der Waals surface area contributed by atoms with Crippen LogP contribution >= 0.6 is 7.82 Å². The molecule has 2 aromatic heterocycles. The maximum atomic E-state index is 14.3. The number of phosphoric acid groups is 1. The number of carbonyl (C=O) groups excluding carboxylic acids is 1. The van der Waals surface area contributed by atoms with E-state index in [4.69, 9.17) is 23.3 Å². The molecule has 1 atom stereocenters. The van der Waals surface area contributed by atoms with Crippen LogP contribution in [0.1, 0.15) is 229 Å². The van der Waals surface area contributed by atoms with Crippen molar-refractivity contribution < 1.29 is 32.8 Å². The summed E-state index contributed by atoms with van der Waals surface area (Å²) >= 11 is 0. The zero-order chi connectivity index (χ0) is 45.6. The van der Waals surface area contributed by atoms with Gasteiger partial charge in [0.25, 0.3) is 5.56 Å². The first-order valence-electron chi connectivity index (χ1n) is 25.7. The fraction of sp³-hybridized carbons (Fsp3) is 0.717. The van der Waals surface area contributed by atoms with Crippen molar-refractivity contribution in [2.75, 3.05) is 13.2 Å². The minimum Gasteiger partial charge on any atom is -0.460 e. The van der Waals surface area contributed by atoms with Gasteiger partial charge >= 0.3 is 13.8 Å². The number of nitrogens with zero attached hydrogens (tertiary/aromatic N) is 2. The summed E-state index contributed by atoms with van der Waals surface area (Å²) in [6, 6.07) is 7.19. The van der Waals surface area contributed by atoms with Crippen LogP contribution in [0, 0.1) is 6.92 Å². The minimum absolute atomic E-state index is 0.183. The summed E-state index contributed by atoms with van der Waals surface area (Å²) in [5, 5.41) is 12.0. The molecule has 0 saturated carbocycles. The molecular weight excluding hydrogens is 824 g/mol. The van der Waals surface area contributed by atoms with E-state index in [2.05, 4.69) is 13.8 Å². The van der Waals surface area contributed by atoms with Crippen LogP contribution in [0.15, 0.2) is 29.1 Å². The molecule has 0 aliphatic carbocycles. The number of ether oxygens (including phenoxy) is 1. The van der Waals surface area contributed by atoms with Gasteiger partial charge in [-0.15, -0.1) is 0 Å². The molecule has 2 aliphatic heterocycles. The normalized spacial score (nSPS) is 15.9. The van der Waals surface area contributed by atoms with Crippen molar-refractivity contribution in [1.29, 1.82) is 0 Å². The molecule has 11 heteroatoms. The van der Waals surface area contributed by atoms with Gasteiger partial charge in [0.1, 0.15) is 12.4 Å². The molecule has 4 heterocycles. The highest BCUT2D eigenvalue weighted by atomic mass is 31.2. The Labute approximate surface area is 385 Å². The van der Waals surface area contributed by atoms with Gasteiger partial charge in [-0.25, -0.2) is 9.55 Å². The quantitative estimate of drug-likeness (QED) is 0.0277. The van der Waals surface area contributed by atoms with Crippen molar-refractivity contribution in [3.05, 3.63) is 56.9 Å². The number of benzene rings is 1. The highest BCUT2D eigenvalue weighted by molar-refractivity contribution is 7.48. The maximum Gasteiger partial charge on any atom is 0.530 e. The second-order valence-corrected chi connectivity index (χ2v) is 20.7. The van der Waals surface area contributed by atoms with E-state index in [0.29, 0.717) is 41.4 Å². The zero-order valence-electron chi connectivity index (χ0n) is 40.3. The number of esters is 1. The van der Waals surface area contributed by atoms with Crippen LogP contribution in [0.2, 0.25) is 0 Å². The Balaban J connectivity index is 1.14. The Hall–Kier alpha value is -3.04. The Morgan fingerprint density at radius 3 is 1.64 bits per heavy atom. The topological polar surface area (TPSA) is 126 Å². The third-order valence-corrected chi connectivity index (χ3v) is 14.9. The lowest BCUT2D eigenvalue weighted by molar-refractivity contribution is -0.148. The summed E-state index contributed by atoms with van der Waals surface area (Å²) in [4.78, 5) is 31.0. The number of pyridine rings is 2. The first-order valence-corrected chi connectivity index (χ1v) is 27.2. The van der Waals surface area contributed by atoms with Gasteiger partial charge in [-0.05, 0) is 62.1 Å². The molecule has 5 rings (SSSR count).